The molecular weight excluding hydrogens is 228 g/mol. The number of nitrogens with zero attached hydrogens (tertiary/aromatic N) is 1. The summed E-state index contributed by atoms with van der Waals surface area (Å²) >= 11 is 0. The van der Waals surface area contributed by atoms with Crippen molar-refractivity contribution in [2.75, 3.05) is 45.4 Å². The Bertz CT molecular complexity index is 302. The summed E-state index contributed by atoms with van der Waals surface area (Å²) < 4.78 is 27.8. The number of nitrogens with two attached hydrogens (primary N) is 1. The Morgan fingerprint density at radius 2 is 1.94 bits per heavy atom. The summed E-state index contributed by atoms with van der Waals surface area (Å²) in [6, 6.07) is 0. The van der Waals surface area contributed by atoms with Crippen LogP contribution in [0.25, 0.3) is 0 Å². The fourth-order valence-electron chi connectivity index (χ4n) is 2.13. The predicted octanol–water partition coefficient (Wildman–Crippen LogP) is -0.529. The summed E-state index contributed by atoms with van der Waals surface area (Å²) in [5.74, 6) is 0.503. The van der Waals surface area contributed by atoms with Crippen LogP contribution >= 0.6 is 0 Å². The Balaban J connectivity index is 2.65. The van der Waals surface area contributed by atoms with Crippen molar-refractivity contribution in [2.45, 2.75) is 18.4 Å². The molecule has 16 heavy (non-hydrogen) atoms. The molecule has 1 fully saturated rings. The van der Waals surface area contributed by atoms with Gasteiger partial charge in [-0.3, -0.25) is 4.90 Å². The van der Waals surface area contributed by atoms with Gasteiger partial charge in [0, 0.05) is 25.7 Å². The van der Waals surface area contributed by atoms with Crippen molar-refractivity contribution >= 4 is 9.84 Å². The molecule has 2 N–H and O–H groups in total. The molecule has 0 amide bonds. The zero-order valence-electron chi connectivity index (χ0n) is 10.1. The van der Waals surface area contributed by atoms with Crippen molar-refractivity contribution in [3.8, 4) is 0 Å². The van der Waals surface area contributed by atoms with Gasteiger partial charge in [-0.25, -0.2) is 8.42 Å². The van der Waals surface area contributed by atoms with Crippen LogP contribution in [0.15, 0.2) is 0 Å². The molecule has 0 atom stereocenters. The summed E-state index contributed by atoms with van der Waals surface area (Å²) in [6.45, 7) is 1.93. The van der Waals surface area contributed by atoms with Crippen molar-refractivity contribution in [1.82, 2.24) is 4.90 Å². The molecule has 0 spiro atoms. The Hall–Kier alpha value is -0.170. The molecule has 0 unspecified atom stereocenters. The molecule has 0 aromatic carbocycles. The zero-order chi connectivity index (χ0) is 12.2. The minimum Gasteiger partial charge on any atom is -0.383 e. The molecule has 0 aromatic heterocycles. The van der Waals surface area contributed by atoms with Gasteiger partial charge in [0.25, 0.3) is 0 Å². The fraction of sp³-hybridized carbons (Fsp3) is 1.00. The molecule has 1 aliphatic heterocycles. The average molecular weight is 250 g/mol. The fourth-order valence-corrected chi connectivity index (χ4v) is 3.71. The lowest BCUT2D eigenvalue weighted by molar-refractivity contribution is 0.0755. The molecule has 1 rings (SSSR count). The Kier molecular flexibility index (Phi) is 4.73. The average Bonchev–Trinajstić information content (AvgIpc) is 2.27. The van der Waals surface area contributed by atoms with E-state index in [-0.39, 0.29) is 17.0 Å². The van der Waals surface area contributed by atoms with Gasteiger partial charge in [0.1, 0.15) is 9.84 Å². The first-order valence-electron chi connectivity index (χ1n) is 5.56. The minimum atomic E-state index is -2.83. The molecule has 0 aromatic rings. The number of hydrogen-bond donors (Lipinski definition) is 1. The first-order valence-corrected chi connectivity index (χ1v) is 7.38. The summed E-state index contributed by atoms with van der Waals surface area (Å²) in [4.78, 5) is 2.14. The van der Waals surface area contributed by atoms with Crippen LogP contribution in [-0.4, -0.2) is 64.2 Å². The summed E-state index contributed by atoms with van der Waals surface area (Å²) in [6.07, 6.45) is 1.26. The molecule has 1 saturated heterocycles. The highest BCUT2D eigenvalue weighted by molar-refractivity contribution is 7.91. The maximum absolute atomic E-state index is 11.4. The van der Waals surface area contributed by atoms with E-state index in [1.807, 2.05) is 7.05 Å². The second-order valence-electron chi connectivity index (χ2n) is 4.49. The van der Waals surface area contributed by atoms with Gasteiger partial charge < -0.3 is 10.5 Å². The van der Waals surface area contributed by atoms with Crippen molar-refractivity contribution in [3.05, 3.63) is 0 Å². The number of ether oxygens (including phenoxy) is 1. The van der Waals surface area contributed by atoms with Gasteiger partial charge in [-0.1, -0.05) is 0 Å². The van der Waals surface area contributed by atoms with E-state index in [0.717, 1.165) is 6.54 Å². The molecule has 0 radical (unpaired) electrons. The maximum atomic E-state index is 11.4. The number of sulfone groups is 1. The van der Waals surface area contributed by atoms with Crippen molar-refractivity contribution in [3.63, 3.8) is 0 Å². The molecule has 1 aliphatic rings. The van der Waals surface area contributed by atoms with Crippen molar-refractivity contribution in [1.29, 1.82) is 0 Å². The van der Waals surface area contributed by atoms with Gasteiger partial charge in [-0.2, -0.15) is 0 Å². The van der Waals surface area contributed by atoms with Gasteiger partial charge >= 0.3 is 0 Å². The third-order valence-electron chi connectivity index (χ3n) is 3.58. The predicted molar refractivity (Wildman–Crippen MR) is 64.2 cm³/mol. The van der Waals surface area contributed by atoms with Crippen LogP contribution in [0.1, 0.15) is 12.8 Å². The Morgan fingerprint density at radius 3 is 2.38 bits per heavy atom. The summed E-state index contributed by atoms with van der Waals surface area (Å²) in [5.41, 5.74) is 5.66. The standard InChI is InChI=1S/C10H22N2O3S/c1-12(5-6-15-2)10(9-11)3-7-16(13,14)8-4-10/h3-9,11H2,1-2H3. The Labute approximate surface area is 97.9 Å². The quantitative estimate of drug-likeness (QED) is 0.710. The maximum Gasteiger partial charge on any atom is 0.150 e. The van der Waals surface area contributed by atoms with E-state index in [1.165, 1.54) is 0 Å². The van der Waals surface area contributed by atoms with E-state index in [1.54, 1.807) is 7.11 Å². The topological polar surface area (TPSA) is 72.6 Å². The number of methoxy groups -OCH3 is 1. The molecule has 0 aliphatic carbocycles. The van der Waals surface area contributed by atoms with E-state index < -0.39 is 9.84 Å². The van der Waals surface area contributed by atoms with Crippen LogP contribution in [0.5, 0.6) is 0 Å². The van der Waals surface area contributed by atoms with Crippen molar-refractivity contribution < 1.29 is 13.2 Å². The third kappa shape index (κ3) is 3.16. The first-order chi connectivity index (χ1) is 7.46. The minimum absolute atomic E-state index is 0.163. The zero-order valence-corrected chi connectivity index (χ0v) is 10.9. The van der Waals surface area contributed by atoms with Crippen LogP contribution in [0.2, 0.25) is 0 Å². The molecule has 0 bridgehead atoms. The van der Waals surface area contributed by atoms with E-state index >= 15 is 0 Å². The summed E-state index contributed by atoms with van der Waals surface area (Å²) in [5, 5.41) is 0. The van der Waals surface area contributed by atoms with Crippen LogP contribution in [0, 0.1) is 0 Å². The van der Waals surface area contributed by atoms with Crippen LogP contribution in [-0.2, 0) is 14.6 Å². The first kappa shape index (κ1) is 13.9. The van der Waals surface area contributed by atoms with Gasteiger partial charge in [-0.15, -0.1) is 0 Å². The molecule has 0 saturated carbocycles. The van der Waals surface area contributed by atoms with E-state index in [0.29, 0.717) is 26.0 Å². The van der Waals surface area contributed by atoms with Crippen LogP contribution in [0.3, 0.4) is 0 Å². The van der Waals surface area contributed by atoms with Crippen LogP contribution < -0.4 is 5.73 Å². The van der Waals surface area contributed by atoms with E-state index in [9.17, 15) is 8.42 Å². The smallest absolute Gasteiger partial charge is 0.150 e. The second-order valence-corrected chi connectivity index (χ2v) is 6.80. The highest BCUT2D eigenvalue weighted by Crippen LogP contribution is 2.28. The van der Waals surface area contributed by atoms with Gasteiger partial charge in [0.15, 0.2) is 0 Å². The van der Waals surface area contributed by atoms with E-state index in [4.69, 9.17) is 10.5 Å². The van der Waals surface area contributed by atoms with Gasteiger partial charge in [0.05, 0.1) is 18.1 Å². The van der Waals surface area contributed by atoms with Crippen molar-refractivity contribution in [2.24, 2.45) is 5.73 Å². The lowest BCUT2D eigenvalue weighted by Gasteiger charge is -2.43. The highest BCUT2D eigenvalue weighted by Gasteiger charge is 2.39. The molecule has 96 valence electrons. The number of hydrogen-bond acceptors (Lipinski definition) is 5. The monoisotopic (exact) mass is 250 g/mol. The van der Waals surface area contributed by atoms with Gasteiger partial charge in [0.2, 0.25) is 0 Å². The SMILES string of the molecule is COCCN(C)C1(CN)CCS(=O)(=O)CC1. The molecule has 6 heteroatoms. The second kappa shape index (κ2) is 5.44. The molecular formula is C10H22N2O3S. The van der Waals surface area contributed by atoms with E-state index in [2.05, 4.69) is 4.90 Å². The Morgan fingerprint density at radius 1 is 1.38 bits per heavy atom. The highest BCUT2D eigenvalue weighted by atomic mass is 32.2. The normalized spacial score (nSPS) is 23.5. The van der Waals surface area contributed by atoms with Crippen LogP contribution in [0.4, 0.5) is 0 Å². The lowest BCUT2D eigenvalue weighted by Crippen LogP contribution is -2.57. The largest absolute Gasteiger partial charge is 0.383 e. The summed E-state index contributed by atoms with van der Waals surface area (Å²) in [7, 11) is 0.820. The van der Waals surface area contributed by atoms with Gasteiger partial charge in [-0.05, 0) is 19.9 Å². The number of rotatable bonds is 5. The molecule has 1 heterocycles. The number of likely N-dealkylation sites (N-methyl/N-ethyl adjacent to an activating group) is 1. The molecule has 5 nitrogen and oxygen atoms in total. The third-order valence-corrected chi connectivity index (χ3v) is 5.23. The lowest BCUT2D eigenvalue weighted by atomic mass is 9.90.